The molecule has 0 radical (unpaired) electrons. The number of allylic oxidation sites excluding steroid dienone is 1. The number of amidine groups is 1. The number of likely N-dealkylation sites (N-methyl/N-ethyl adjacent to an activating group) is 1. The minimum atomic E-state index is -0.332. The number of rotatable bonds is 13. The summed E-state index contributed by atoms with van der Waals surface area (Å²) in [5.74, 6) is 0.864. The third-order valence-corrected chi connectivity index (χ3v) is 6.43. The molecule has 37 heavy (non-hydrogen) atoms. The maximum absolute atomic E-state index is 13.2. The first-order valence-electron chi connectivity index (χ1n) is 13.1. The Balaban J connectivity index is 0.00000334. The van der Waals surface area contributed by atoms with Gasteiger partial charge in [0, 0.05) is 32.3 Å². The Morgan fingerprint density at radius 1 is 1.22 bits per heavy atom. The number of aliphatic imine (C=N–C) groups is 1. The predicted octanol–water partition coefficient (Wildman–Crippen LogP) is 4.87. The number of nitrogens with one attached hydrogen (secondary N) is 2. The predicted molar refractivity (Wildman–Crippen MR) is 150 cm³/mol. The highest BCUT2D eigenvalue weighted by Crippen LogP contribution is 2.26. The molecule has 1 saturated carbocycles. The number of carbonyl (C=O) groups excluding carboxylic acids is 2. The van der Waals surface area contributed by atoms with Crippen LogP contribution in [0.1, 0.15) is 64.4 Å². The molecule has 0 atom stereocenters. The van der Waals surface area contributed by atoms with Crippen molar-refractivity contribution >= 4 is 24.2 Å². The lowest BCUT2D eigenvalue weighted by molar-refractivity contribution is -0.132. The standard InChI is InChI=1S/C28H42FN5O.CH2O/c1-21(2)25(20-26(30)23-11-13-24(29)14-12-23)28(31)33-15-7-8-17-34(18-16-32-3)27(35)19-22-9-5-4-6-10-22;1-2/h7,11-15,20-22,30,32H,4-6,8-10,16-19H2,1-3H3,(H2,31,33);1H2/b15-7+,25-20-,30-26?;. The van der Waals surface area contributed by atoms with Crippen molar-refractivity contribution in [1.29, 1.82) is 5.41 Å². The molecule has 1 aromatic carbocycles. The summed E-state index contributed by atoms with van der Waals surface area (Å²) in [6, 6.07) is 5.84. The van der Waals surface area contributed by atoms with Crippen molar-refractivity contribution in [3.63, 3.8) is 0 Å². The first kappa shape index (κ1) is 31.9. The summed E-state index contributed by atoms with van der Waals surface area (Å²) < 4.78 is 13.2. The quantitative estimate of drug-likeness (QED) is 0.258. The number of halogens is 1. The van der Waals surface area contributed by atoms with E-state index >= 15 is 0 Å². The fourth-order valence-electron chi connectivity index (χ4n) is 4.29. The summed E-state index contributed by atoms with van der Waals surface area (Å²) in [6.45, 7) is 8.11. The largest absolute Gasteiger partial charge is 0.383 e. The monoisotopic (exact) mass is 513 g/mol. The fraction of sp³-hybridized carbons (Fsp3) is 0.517. The Hall–Kier alpha value is -3.13. The van der Waals surface area contributed by atoms with Crippen LogP contribution < -0.4 is 11.1 Å². The summed E-state index contributed by atoms with van der Waals surface area (Å²) in [5, 5.41) is 11.5. The zero-order chi connectivity index (χ0) is 27.6. The highest BCUT2D eigenvalue weighted by Gasteiger charge is 2.20. The van der Waals surface area contributed by atoms with Crippen molar-refractivity contribution in [1.82, 2.24) is 10.2 Å². The van der Waals surface area contributed by atoms with Gasteiger partial charge in [-0.05, 0) is 79.6 Å². The van der Waals surface area contributed by atoms with Crippen LogP contribution in [0.25, 0.3) is 0 Å². The lowest BCUT2D eigenvalue weighted by atomic mass is 9.86. The SMILES string of the molecule is C=O.CNCCN(CC/C=C/N=C(N)/C(=C\C(=N)c1ccc(F)cc1)C(C)C)C(=O)CC1CCCCC1. The van der Waals surface area contributed by atoms with Gasteiger partial charge in [-0.3, -0.25) is 4.79 Å². The van der Waals surface area contributed by atoms with Crippen LogP contribution in [0.2, 0.25) is 0 Å². The number of nitrogens with zero attached hydrogens (tertiary/aromatic N) is 2. The second-order valence-electron chi connectivity index (χ2n) is 9.56. The molecule has 0 spiro atoms. The fourth-order valence-corrected chi connectivity index (χ4v) is 4.29. The van der Waals surface area contributed by atoms with Gasteiger partial charge in [-0.1, -0.05) is 39.2 Å². The van der Waals surface area contributed by atoms with E-state index in [2.05, 4.69) is 10.3 Å². The van der Waals surface area contributed by atoms with Crippen LogP contribution in [0.3, 0.4) is 0 Å². The lowest BCUT2D eigenvalue weighted by Crippen LogP contribution is -2.37. The lowest BCUT2D eigenvalue weighted by Gasteiger charge is -2.26. The Morgan fingerprint density at radius 2 is 1.86 bits per heavy atom. The minimum absolute atomic E-state index is 0.0717. The second kappa shape index (κ2) is 18.2. The summed E-state index contributed by atoms with van der Waals surface area (Å²) in [7, 11) is 1.90. The number of hydrogen-bond acceptors (Lipinski definition) is 5. The Kier molecular flexibility index (Phi) is 15.7. The number of benzene rings is 1. The van der Waals surface area contributed by atoms with Crippen LogP contribution in [0.5, 0.6) is 0 Å². The van der Waals surface area contributed by atoms with E-state index in [4.69, 9.17) is 15.9 Å². The summed E-state index contributed by atoms with van der Waals surface area (Å²) in [5.41, 5.74) is 7.86. The molecule has 0 unspecified atom stereocenters. The smallest absolute Gasteiger partial charge is 0.222 e. The molecule has 2 rings (SSSR count). The van der Waals surface area contributed by atoms with Crippen LogP contribution >= 0.6 is 0 Å². The van der Waals surface area contributed by atoms with Crippen LogP contribution in [0.4, 0.5) is 4.39 Å². The van der Waals surface area contributed by atoms with E-state index in [1.54, 1.807) is 24.4 Å². The van der Waals surface area contributed by atoms with E-state index in [1.807, 2.05) is 38.7 Å². The van der Waals surface area contributed by atoms with Crippen molar-refractivity contribution in [2.75, 3.05) is 26.7 Å². The Labute approximate surface area is 221 Å². The van der Waals surface area contributed by atoms with E-state index in [0.717, 1.165) is 12.1 Å². The molecule has 0 aliphatic heterocycles. The van der Waals surface area contributed by atoms with Gasteiger partial charge in [0.25, 0.3) is 0 Å². The molecule has 7 nitrogen and oxygen atoms in total. The number of carbonyl (C=O) groups is 2. The Morgan fingerprint density at radius 3 is 2.46 bits per heavy atom. The molecule has 1 aliphatic rings. The summed E-state index contributed by atoms with van der Waals surface area (Å²) in [4.78, 5) is 27.2. The van der Waals surface area contributed by atoms with Crippen molar-refractivity contribution in [3.05, 3.63) is 59.6 Å². The van der Waals surface area contributed by atoms with E-state index in [9.17, 15) is 9.18 Å². The van der Waals surface area contributed by atoms with Gasteiger partial charge in [-0.15, -0.1) is 0 Å². The van der Waals surface area contributed by atoms with Crippen LogP contribution in [-0.4, -0.2) is 55.8 Å². The maximum Gasteiger partial charge on any atom is 0.222 e. The molecular formula is C29H44FN5O2. The first-order chi connectivity index (χ1) is 17.8. The molecular weight excluding hydrogens is 469 g/mol. The third-order valence-electron chi connectivity index (χ3n) is 6.43. The summed E-state index contributed by atoms with van der Waals surface area (Å²) >= 11 is 0. The molecule has 1 aromatic rings. The van der Waals surface area contributed by atoms with E-state index in [-0.39, 0.29) is 23.4 Å². The molecule has 1 amide bonds. The second-order valence-corrected chi connectivity index (χ2v) is 9.56. The number of hydrogen-bond donors (Lipinski definition) is 3. The van der Waals surface area contributed by atoms with Crippen molar-refractivity contribution in [2.45, 2.75) is 58.8 Å². The normalized spacial score (nSPS) is 14.9. The van der Waals surface area contributed by atoms with Gasteiger partial charge in [-0.25, -0.2) is 9.38 Å². The topological polar surface area (TPSA) is 112 Å². The molecule has 4 N–H and O–H groups in total. The van der Waals surface area contributed by atoms with E-state index in [0.29, 0.717) is 43.2 Å². The van der Waals surface area contributed by atoms with Gasteiger partial charge in [-0.2, -0.15) is 0 Å². The van der Waals surface area contributed by atoms with Crippen molar-refractivity contribution in [2.24, 2.45) is 22.6 Å². The zero-order valence-electron chi connectivity index (χ0n) is 22.6. The zero-order valence-corrected chi connectivity index (χ0v) is 22.6. The first-order valence-corrected chi connectivity index (χ1v) is 13.1. The molecule has 0 aromatic heterocycles. The van der Waals surface area contributed by atoms with E-state index in [1.165, 1.54) is 44.2 Å². The number of nitrogens with two attached hydrogens (primary N) is 1. The highest BCUT2D eigenvalue weighted by atomic mass is 19.1. The van der Waals surface area contributed by atoms with Crippen LogP contribution in [0, 0.1) is 23.1 Å². The van der Waals surface area contributed by atoms with Gasteiger partial charge in [0.1, 0.15) is 18.4 Å². The van der Waals surface area contributed by atoms with Gasteiger partial charge >= 0.3 is 0 Å². The number of amides is 1. The van der Waals surface area contributed by atoms with Crippen molar-refractivity contribution in [3.8, 4) is 0 Å². The minimum Gasteiger partial charge on any atom is -0.383 e. The van der Waals surface area contributed by atoms with Gasteiger partial charge < -0.3 is 26.2 Å². The summed E-state index contributed by atoms with van der Waals surface area (Å²) in [6.07, 6.45) is 12.8. The van der Waals surface area contributed by atoms with Crippen LogP contribution in [0.15, 0.2) is 53.2 Å². The van der Waals surface area contributed by atoms with E-state index < -0.39 is 0 Å². The van der Waals surface area contributed by atoms with Crippen LogP contribution in [-0.2, 0) is 9.59 Å². The maximum atomic E-state index is 13.2. The average Bonchev–Trinajstić information content (AvgIpc) is 2.90. The Bertz CT molecular complexity index is 919. The highest BCUT2D eigenvalue weighted by molar-refractivity contribution is 6.12. The molecule has 8 heteroatoms. The average molecular weight is 514 g/mol. The van der Waals surface area contributed by atoms with Crippen molar-refractivity contribution < 1.29 is 14.0 Å². The molecule has 0 saturated heterocycles. The molecule has 1 fully saturated rings. The molecule has 0 bridgehead atoms. The van der Waals surface area contributed by atoms with Gasteiger partial charge in [0.05, 0.1) is 5.71 Å². The molecule has 204 valence electrons. The molecule has 0 heterocycles. The van der Waals surface area contributed by atoms with Gasteiger partial charge in [0.2, 0.25) is 5.91 Å². The molecule has 1 aliphatic carbocycles. The van der Waals surface area contributed by atoms with Gasteiger partial charge in [0.15, 0.2) is 0 Å². The third kappa shape index (κ3) is 12.1.